The number of nitrogens with two attached hydrogens (primary N) is 1. The Hall–Kier alpha value is -2.08. The Morgan fingerprint density at radius 3 is 2.88 bits per heavy atom. The van der Waals surface area contributed by atoms with Gasteiger partial charge >= 0.3 is 0 Å². The molecule has 6 nitrogen and oxygen atoms in total. The lowest BCUT2D eigenvalue weighted by molar-refractivity contribution is -0.115. The van der Waals surface area contributed by atoms with Crippen LogP contribution < -0.4 is 16.0 Å². The summed E-state index contributed by atoms with van der Waals surface area (Å²) in [7, 11) is 1.96. The number of likely N-dealkylation sites (tertiary alicyclic amines) is 1. The number of fused-ring (bicyclic) bond motifs is 1. The van der Waals surface area contributed by atoms with E-state index in [9.17, 15) is 9.59 Å². The van der Waals surface area contributed by atoms with Crippen LogP contribution in [0.1, 0.15) is 43.0 Å². The van der Waals surface area contributed by atoms with Crippen molar-refractivity contribution in [2.24, 2.45) is 5.73 Å². The minimum Gasteiger partial charge on any atom is -0.372 e. The van der Waals surface area contributed by atoms with E-state index in [4.69, 9.17) is 5.73 Å². The summed E-state index contributed by atoms with van der Waals surface area (Å²) in [6, 6.07) is 5.61. The third-order valence-electron chi connectivity index (χ3n) is 5.02. The molecule has 3 rings (SSSR count). The molecule has 2 heterocycles. The highest BCUT2D eigenvalue weighted by Crippen LogP contribution is 2.30. The zero-order valence-electron chi connectivity index (χ0n) is 14.4. The Balaban J connectivity index is 1.89. The molecule has 2 atom stereocenters. The van der Waals surface area contributed by atoms with E-state index in [2.05, 4.69) is 5.32 Å². The number of carbonyl (C=O) groups excluding carboxylic acids is 2. The van der Waals surface area contributed by atoms with Gasteiger partial charge in [-0.1, -0.05) is 0 Å². The van der Waals surface area contributed by atoms with Crippen LogP contribution in [-0.4, -0.2) is 48.9 Å². The maximum atomic E-state index is 13.0. The summed E-state index contributed by atoms with van der Waals surface area (Å²) in [4.78, 5) is 28.8. The fourth-order valence-electron chi connectivity index (χ4n) is 3.63. The van der Waals surface area contributed by atoms with Crippen molar-refractivity contribution < 1.29 is 9.59 Å². The first-order chi connectivity index (χ1) is 11.5. The Kier molecular flexibility index (Phi) is 4.76. The van der Waals surface area contributed by atoms with E-state index < -0.39 is 0 Å². The molecule has 0 radical (unpaired) electrons. The molecule has 1 saturated heterocycles. The number of anilines is 2. The summed E-state index contributed by atoms with van der Waals surface area (Å²) in [6.45, 7) is 3.38. The van der Waals surface area contributed by atoms with Crippen LogP contribution in [0.5, 0.6) is 0 Å². The number of hydrogen-bond acceptors (Lipinski definition) is 4. The molecule has 2 amide bonds. The summed E-state index contributed by atoms with van der Waals surface area (Å²) < 4.78 is 0. The zero-order chi connectivity index (χ0) is 17.3. The second kappa shape index (κ2) is 6.81. The normalized spacial score (nSPS) is 22.5. The Morgan fingerprint density at radius 2 is 2.12 bits per heavy atom. The van der Waals surface area contributed by atoms with Crippen molar-refractivity contribution in [3.8, 4) is 0 Å². The molecule has 130 valence electrons. The third-order valence-corrected chi connectivity index (χ3v) is 5.02. The lowest BCUT2D eigenvalue weighted by Crippen LogP contribution is -2.51. The standard InChI is InChI=1S/C18H26N4O2/c1-12(19)15-5-3-4-9-22(15)18(24)13-6-7-16-14(11-13)20-17(23)8-10-21(16)2/h6-7,11-12,15H,3-5,8-10,19H2,1-2H3,(H,20,23). The van der Waals surface area contributed by atoms with Crippen molar-refractivity contribution in [1.29, 1.82) is 0 Å². The maximum absolute atomic E-state index is 13.0. The first-order valence-corrected chi connectivity index (χ1v) is 8.69. The first kappa shape index (κ1) is 16.8. The predicted octanol–water partition coefficient (Wildman–Crippen LogP) is 1.81. The SMILES string of the molecule is CC(N)C1CCCCN1C(=O)c1ccc2c(c1)NC(=O)CCN2C. The number of rotatable bonds is 2. The van der Waals surface area contributed by atoms with Crippen LogP contribution in [0.15, 0.2) is 18.2 Å². The number of hydrogen-bond donors (Lipinski definition) is 2. The van der Waals surface area contributed by atoms with Crippen molar-refractivity contribution in [2.75, 3.05) is 30.4 Å². The molecule has 1 aromatic carbocycles. The van der Waals surface area contributed by atoms with Crippen LogP contribution in [0.25, 0.3) is 0 Å². The van der Waals surface area contributed by atoms with Gasteiger partial charge in [-0.15, -0.1) is 0 Å². The van der Waals surface area contributed by atoms with Gasteiger partial charge in [0.05, 0.1) is 11.4 Å². The van der Waals surface area contributed by atoms with Crippen LogP contribution in [0, 0.1) is 0 Å². The number of carbonyl (C=O) groups is 2. The van der Waals surface area contributed by atoms with Gasteiger partial charge in [-0.2, -0.15) is 0 Å². The molecule has 1 aromatic rings. The van der Waals surface area contributed by atoms with Gasteiger partial charge < -0.3 is 20.9 Å². The van der Waals surface area contributed by atoms with Crippen LogP contribution >= 0.6 is 0 Å². The highest BCUT2D eigenvalue weighted by Gasteiger charge is 2.30. The largest absolute Gasteiger partial charge is 0.372 e. The molecule has 0 bridgehead atoms. The predicted molar refractivity (Wildman–Crippen MR) is 95.3 cm³/mol. The lowest BCUT2D eigenvalue weighted by Gasteiger charge is -2.38. The van der Waals surface area contributed by atoms with Crippen molar-refractivity contribution in [2.45, 2.75) is 44.7 Å². The van der Waals surface area contributed by atoms with Gasteiger partial charge in [-0.05, 0) is 44.4 Å². The smallest absolute Gasteiger partial charge is 0.254 e. The number of amides is 2. The average molecular weight is 330 g/mol. The quantitative estimate of drug-likeness (QED) is 0.867. The molecule has 1 fully saturated rings. The molecule has 24 heavy (non-hydrogen) atoms. The van der Waals surface area contributed by atoms with Crippen LogP contribution in [0.2, 0.25) is 0 Å². The van der Waals surface area contributed by atoms with Crippen LogP contribution in [-0.2, 0) is 4.79 Å². The molecule has 3 N–H and O–H groups in total. The highest BCUT2D eigenvalue weighted by atomic mass is 16.2. The van der Waals surface area contributed by atoms with E-state index in [1.807, 2.05) is 35.9 Å². The molecule has 0 aliphatic carbocycles. The Labute approximate surface area is 143 Å². The van der Waals surface area contributed by atoms with Gasteiger partial charge in [-0.3, -0.25) is 9.59 Å². The van der Waals surface area contributed by atoms with Crippen molar-refractivity contribution >= 4 is 23.2 Å². The Bertz CT molecular complexity index is 644. The van der Waals surface area contributed by atoms with Gasteiger partial charge in [-0.25, -0.2) is 0 Å². The summed E-state index contributed by atoms with van der Waals surface area (Å²) in [5.74, 6) is -0.0161. The fourth-order valence-corrected chi connectivity index (χ4v) is 3.63. The summed E-state index contributed by atoms with van der Waals surface area (Å²) in [5.41, 5.74) is 8.34. The number of nitrogens with one attached hydrogen (secondary N) is 1. The molecule has 6 heteroatoms. The van der Waals surface area contributed by atoms with Crippen LogP contribution in [0.4, 0.5) is 11.4 Å². The van der Waals surface area contributed by atoms with Gasteiger partial charge in [0.1, 0.15) is 0 Å². The fraction of sp³-hybridized carbons (Fsp3) is 0.556. The highest BCUT2D eigenvalue weighted by molar-refractivity contribution is 6.01. The maximum Gasteiger partial charge on any atom is 0.254 e. The minimum atomic E-state index is -0.0408. The Morgan fingerprint density at radius 1 is 1.33 bits per heavy atom. The zero-order valence-corrected chi connectivity index (χ0v) is 14.4. The second-order valence-corrected chi connectivity index (χ2v) is 6.87. The van der Waals surface area contributed by atoms with Crippen molar-refractivity contribution in [3.63, 3.8) is 0 Å². The van der Waals surface area contributed by atoms with E-state index in [0.29, 0.717) is 24.2 Å². The van der Waals surface area contributed by atoms with Gasteiger partial charge in [0.15, 0.2) is 0 Å². The van der Waals surface area contributed by atoms with E-state index in [-0.39, 0.29) is 23.9 Å². The van der Waals surface area contributed by atoms with Crippen molar-refractivity contribution in [3.05, 3.63) is 23.8 Å². The van der Waals surface area contributed by atoms with Gasteiger partial charge in [0, 0.05) is 44.2 Å². The van der Waals surface area contributed by atoms with Gasteiger partial charge in [0.25, 0.3) is 5.91 Å². The topological polar surface area (TPSA) is 78.7 Å². The molecule has 0 saturated carbocycles. The summed E-state index contributed by atoms with van der Waals surface area (Å²) in [5, 5.41) is 2.91. The van der Waals surface area contributed by atoms with Crippen molar-refractivity contribution in [1.82, 2.24) is 4.90 Å². The lowest BCUT2D eigenvalue weighted by atomic mass is 9.96. The molecular weight excluding hydrogens is 304 g/mol. The number of piperidine rings is 1. The summed E-state index contributed by atoms with van der Waals surface area (Å²) in [6.07, 6.45) is 3.53. The van der Waals surface area contributed by atoms with Crippen LogP contribution in [0.3, 0.4) is 0 Å². The molecular formula is C18H26N4O2. The minimum absolute atomic E-state index is 0.000879. The van der Waals surface area contributed by atoms with Gasteiger partial charge in [0.2, 0.25) is 5.91 Å². The first-order valence-electron chi connectivity index (χ1n) is 8.69. The third kappa shape index (κ3) is 3.24. The summed E-state index contributed by atoms with van der Waals surface area (Å²) >= 11 is 0. The second-order valence-electron chi connectivity index (χ2n) is 6.87. The van der Waals surface area contributed by atoms with E-state index >= 15 is 0 Å². The monoisotopic (exact) mass is 330 g/mol. The number of nitrogens with zero attached hydrogens (tertiary/aromatic N) is 2. The molecule has 2 unspecified atom stereocenters. The molecule has 2 aliphatic heterocycles. The van der Waals surface area contributed by atoms with E-state index in [1.165, 1.54) is 0 Å². The van der Waals surface area contributed by atoms with E-state index in [1.54, 1.807) is 6.07 Å². The molecule has 2 aliphatic rings. The average Bonchev–Trinajstić information content (AvgIpc) is 2.72. The van der Waals surface area contributed by atoms with E-state index in [0.717, 1.165) is 31.5 Å². The molecule has 0 spiro atoms. The molecule has 0 aromatic heterocycles. The number of benzene rings is 1.